The van der Waals surface area contributed by atoms with Crippen LogP contribution in [-0.2, 0) is 11.3 Å². The second-order valence-electron chi connectivity index (χ2n) is 8.30. The molecular weight excluding hydrogens is 342 g/mol. The van der Waals surface area contributed by atoms with Crippen molar-refractivity contribution in [3.8, 4) is 0 Å². The van der Waals surface area contributed by atoms with Gasteiger partial charge in [0.05, 0.1) is 0 Å². The molecule has 1 N–H and O–H groups in total. The first kappa shape index (κ1) is 19.8. The Hall–Kier alpha value is -0.940. The van der Waals surface area contributed by atoms with Crippen molar-refractivity contribution in [2.75, 3.05) is 11.9 Å². The molecule has 1 unspecified atom stereocenters. The highest BCUT2D eigenvalue weighted by Crippen LogP contribution is 2.33. The maximum absolute atomic E-state index is 12.6. The lowest BCUT2D eigenvalue weighted by atomic mass is 9.79. The Labute approximate surface area is 162 Å². The van der Waals surface area contributed by atoms with Crippen LogP contribution in [0, 0.1) is 11.8 Å². The highest BCUT2D eigenvalue weighted by molar-refractivity contribution is 7.15. The van der Waals surface area contributed by atoms with Crippen molar-refractivity contribution >= 4 is 22.4 Å². The SMILES string of the molecule is CCCCC1CCC(C(=O)Nc2ncc(CN3CCCCC3C)s2)CC1. The van der Waals surface area contributed by atoms with Gasteiger partial charge in [-0.15, -0.1) is 11.3 Å². The molecule has 0 radical (unpaired) electrons. The van der Waals surface area contributed by atoms with Crippen LogP contribution in [0.1, 0.15) is 82.9 Å². The number of carbonyl (C=O) groups excluding carboxylic acids is 1. The summed E-state index contributed by atoms with van der Waals surface area (Å²) >= 11 is 1.65. The minimum Gasteiger partial charge on any atom is -0.302 e. The number of likely N-dealkylation sites (tertiary alicyclic amines) is 1. The van der Waals surface area contributed by atoms with Gasteiger partial charge in [0.25, 0.3) is 0 Å². The second kappa shape index (κ2) is 9.84. The lowest BCUT2D eigenvalue weighted by Gasteiger charge is -2.32. The highest BCUT2D eigenvalue weighted by atomic mass is 32.1. The van der Waals surface area contributed by atoms with E-state index in [1.807, 2.05) is 6.20 Å². The molecule has 3 rings (SSSR count). The minimum absolute atomic E-state index is 0.183. The van der Waals surface area contributed by atoms with Crippen LogP contribution in [0.3, 0.4) is 0 Å². The molecule has 1 aromatic rings. The lowest BCUT2D eigenvalue weighted by molar-refractivity contribution is -0.121. The first-order valence-corrected chi connectivity index (χ1v) is 11.5. The van der Waals surface area contributed by atoms with Gasteiger partial charge in [-0.05, 0) is 57.9 Å². The van der Waals surface area contributed by atoms with Gasteiger partial charge in [-0.2, -0.15) is 0 Å². The number of thiazole rings is 1. The standard InChI is InChI=1S/C21H35N3OS/c1-3-4-8-17-9-11-18(12-10-17)20(25)23-21-22-14-19(26-21)15-24-13-6-5-7-16(24)2/h14,16-18H,3-13,15H2,1-2H3,(H,22,23,25). The van der Waals surface area contributed by atoms with Crippen molar-refractivity contribution in [2.24, 2.45) is 11.8 Å². The van der Waals surface area contributed by atoms with Crippen LogP contribution in [0.25, 0.3) is 0 Å². The summed E-state index contributed by atoms with van der Waals surface area (Å²) in [7, 11) is 0. The smallest absolute Gasteiger partial charge is 0.229 e. The highest BCUT2D eigenvalue weighted by Gasteiger charge is 2.26. The summed E-state index contributed by atoms with van der Waals surface area (Å²) in [5, 5.41) is 3.87. The Balaban J connectivity index is 1.44. The maximum Gasteiger partial charge on any atom is 0.229 e. The Bertz CT molecular complexity index is 565. The third-order valence-corrected chi connectivity index (χ3v) is 7.16. The minimum atomic E-state index is 0.183. The Morgan fingerprint density at radius 2 is 2.08 bits per heavy atom. The van der Waals surface area contributed by atoms with E-state index in [0.717, 1.165) is 30.4 Å². The Kier molecular flexibility index (Phi) is 7.50. The van der Waals surface area contributed by atoms with E-state index >= 15 is 0 Å². The number of nitrogens with zero attached hydrogens (tertiary/aromatic N) is 2. The average molecular weight is 378 g/mol. The van der Waals surface area contributed by atoms with Crippen LogP contribution in [0.4, 0.5) is 5.13 Å². The molecule has 0 bridgehead atoms. The van der Waals surface area contributed by atoms with Gasteiger partial charge < -0.3 is 5.32 Å². The number of rotatable bonds is 7. The maximum atomic E-state index is 12.6. The summed E-state index contributed by atoms with van der Waals surface area (Å²) in [5.41, 5.74) is 0. The van der Waals surface area contributed by atoms with Crippen molar-refractivity contribution in [3.63, 3.8) is 0 Å². The summed E-state index contributed by atoms with van der Waals surface area (Å²) in [6, 6.07) is 0.659. The van der Waals surface area contributed by atoms with Crippen LogP contribution in [0.2, 0.25) is 0 Å². The van der Waals surface area contributed by atoms with Gasteiger partial charge in [0.1, 0.15) is 0 Å². The van der Waals surface area contributed by atoms with Crippen LogP contribution >= 0.6 is 11.3 Å². The number of nitrogens with one attached hydrogen (secondary N) is 1. The number of aromatic nitrogens is 1. The molecule has 0 spiro atoms. The van der Waals surface area contributed by atoms with Crippen molar-refractivity contribution in [2.45, 2.75) is 90.6 Å². The number of hydrogen-bond acceptors (Lipinski definition) is 4. The molecule has 146 valence electrons. The monoisotopic (exact) mass is 377 g/mol. The average Bonchev–Trinajstić information content (AvgIpc) is 3.09. The van der Waals surface area contributed by atoms with Crippen LogP contribution < -0.4 is 5.32 Å². The van der Waals surface area contributed by atoms with Crippen molar-refractivity contribution in [1.29, 1.82) is 0 Å². The molecule has 2 fully saturated rings. The molecular formula is C21H35N3OS. The quantitative estimate of drug-likeness (QED) is 0.687. The molecule has 4 nitrogen and oxygen atoms in total. The summed E-state index contributed by atoms with van der Waals surface area (Å²) in [4.78, 5) is 20.8. The predicted octanol–water partition coefficient (Wildman–Crippen LogP) is 5.45. The van der Waals surface area contributed by atoms with E-state index in [1.54, 1.807) is 11.3 Å². The zero-order valence-corrected chi connectivity index (χ0v) is 17.3. The van der Waals surface area contributed by atoms with Gasteiger partial charge in [0.15, 0.2) is 5.13 Å². The molecule has 2 heterocycles. The fourth-order valence-corrected chi connectivity index (χ4v) is 5.29. The third kappa shape index (κ3) is 5.53. The molecule has 1 aliphatic carbocycles. The van der Waals surface area contributed by atoms with E-state index in [2.05, 4.69) is 29.0 Å². The molecule has 1 saturated heterocycles. The van der Waals surface area contributed by atoms with Crippen molar-refractivity contribution in [1.82, 2.24) is 9.88 Å². The van der Waals surface area contributed by atoms with Crippen LogP contribution in [0.5, 0.6) is 0 Å². The topological polar surface area (TPSA) is 45.2 Å². The fourth-order valence-electron chi connectivity index (χ4n) is 4.44. The first-order chi connectivity index (χ1) is 12.7. The lowest BCUT2D eigenvalue weighted by Crippen LogP contribution is -2.36. The molecule has 2 aliphatic rings. The van der Waals surface area contributed by atoms with E-state index in [4.69, 9.17) is 0 Å². The molecule has 0 aromatic carbocycles. The van der Waals surface area contributed by atoms with Gasteiger partial charge in [-0.3, -0.25) is 9.69 Å². The summed E-state index contributed by atoms with van der Waals surface area (Å²) in [6.45, 7) is 6.73. The molecule has 1 aliphatic heterocycles. The summed E-state index contributed by atoms with van der Waals surface area (Å²) < 4.78 is 0. The molecule has 5 heteroatoms. The number of unbranched alkanes of at least 4 members (excludes halogenated alkanes) is 1. The summed E-state index contributed by atoms with van der Waals surface area (Å²) in [6.07, 6.45) is 14.4. The zero-order valence-electron chi connectivity index (χ0n) is 16.5. The van der Waals surface area contributed by atoms with Gasteiger partial charge in [0.2, 0.25) is 5.91 Å². The number of anilines is 1. The van der Waals surface area contributed by atoms with E-state index in [-0.39, 0.29) is 11.8 Å². The zero-order chi connectivity index (χ0) is 18.4. The van der Waals surface area contributed by atoms with Crippen LogP contribution in [0.15, 0.2) is 6.20 Å². The Morgan fingerprint density at radius 3 is 2.81 bits per heavy atom. The second-order valence-corrected chi connectivity index (χ2v) is 9.41. The molecule has 1 amide bonds. The number of piperidine rings is 1. The molecule has 26 heavy (non-hydrogen) atoms. The van der Waals surface area contributed by atoms with Crippen molar-refractivity contribution < 1.29 is 4.79 Å². The van der Waals surface area contributed by atoms with Gasteiger partial charge in [-0.1, -0.05) is 32.6 Å². The van der Waals surface area contributed by atoms with Crippen molar-refractivity contribution in [3.05, 3.63) is 11.1 Å². The fraction of sp³-hybridized carbons (Fsp3) is 0.810. The molecule has 1 atom stereocenters. The molecule has 1 saturated carbocycles. The number of carbonyl (C=O) groups is 1. The number of hydrogen-bond donors (Lipinski definition) is 1. The first-order valence-electron chi connectivity index (χ1n) is 10.6. The van der Waals surface area contributed by atoms with Gasteiger partial charge >= 0.3 is 0 Å². The van der Waals surface area contributed by atoms with E-state index in [0.29, 0.717) is 6.04 Å². The van der Waals surface area contributed by atoms with E-state index in [1.165, 1.54) is 62.8 Å². The van der Waals surface area contributed by atoms with E-state index < -0.39 is 0 Å². The van der Waals surface area contributed by atoms with Crippen LogP contribution in [-0.4, -0.2) is 28.4 Å². The normalized spacial score (nSPS) is 27.4. The third-order valence-electron chi connectivity index (χ3n) is 6.27. The van der Waals surface area contributed by atoms with Gasteiger partial charge in [0, 0.05) is 29.6 Å². The summed E-state index contributed by atoms with van der Waals surface area (Å²) in [5.74, 6) is 1.21. The molecule has 1 aromatic heterocycles. The Morgan fingerprint density at radius 1 is 1.27 bits per heavy atom. The number of amides is 1. The largest absolute Gasteiger partial charge is 0.302 e. The van der Waals surface area contributed by atoms with E-state index in [9.17, 15) is 4.79 Å². The van der Waals surface area contributed by atoms with Gasteiger partial charge in [-0.25, -0.2) is 4.98 Å². The predicted molar refractivity (Wildman–Crippen MR) is 109 cm³/mol.